The normalized spacial score (nSPS) is 19.0. The predicted molar refractivity (Wildman–Crippen MR) is 105 cm³/mol. The molecule has 0 spiro atoms. The van der Waals surface area contributed by atoms with Crippen molar-refractivity contribution in [3.63, 3.8) is 0 Å². The molecule has 2 fully saturated rings. The van der Waals surface area contributed by atoms with E-state index >= 15 is 0 Å². The van der Waals surface area contributed by atoms with Crippen molar-refractivity contribution in [3.8, 4) is 0 Å². The quantitative estimate of drug-likeness (QED) is 0.767. The van der Waals surface area contributed by atoms with Gasteiger partial charge in [0.15, 0.2) is 0 Å². The molecular formula is C21H30N4O3. The number of nitrogens with zero attached hydrogens (tertiary/aromatic N) is 3. The monoisotopic (exact) mass is 386 g/mol. The Morgan fingerprint density at radius 1 is 1.21 bits per heavy atom. The third-order valence-corrected chi connectivity index (χ3v) is 5.87. The van der Waals surface area contributed by atoms with E-state index in [-0.39, 0.29) is 17.7 Å². The molecule has 28 heavy (non-hydrogen) atoms. The molecular weight excluding hydrogens is 356 g/mol. The Balaban J connectivity index is 1.35. The lowest BCUT2D eigenvalue weighted by Gasteiger charge is -2.32. The molecule has 3 heterocycles. The Kier molecular flexibility index (Phi) is 7.01. The number of carbonyl (C=O) groups excluding carboxylic acids is 3. The first kappa shape index (κ1) is 20.3. The van der Waals surface area contributed by atoms with E-state index in [1.54, 1.807) is 24.2 Å². The molecule has 0 bridgehead atoms. The zero-order chi connectivity index (χ0) is 19.9. The first-order valence-electron chi connectivity index (χ1n) is 10.3. The SMILES string of the molecule is CC(C(=O)NCC1CCN(C(=O)CCc2ccncc2)CC1)N1CCCC1=O. The molecule has 0 saturated carbocycles. The summed E-state index contributed by atoms with van der Waals surface area (Å²) in [6.45, 7) is 4.58. The van der Waals surface area contributed by atoms with Crippen LogP contribution in [0.1, 0.15) is 44.6 Å². The Labute approximate surface area is 166 Å². The smallest absolute Gasteiger partial charge is 0.242 e. The van der Waals surface area contributed by atoms with Crippen molar-refractivity contribution < 1.29 is 14.4 Å². The van der Waals surface area contributed by atoms with Gasteiger partial charge in [0.2, 0.25) is 17.7 Å². The van der Waals surface area contributed by atoms with E-state index in [4.69, 9.17) is 0 Å². The standard InChI is InChI=1S/C21H30N4O3/c1-16(25-12-2-3-20(25)27)21(28)23-15-18-8-13-24(14-9-18)19(26)5-4-17-6-10-22-11-7-17/h6-7,10-11,16,18H,2-5,8-9,12-15H2,1H3,(H,23,28). The molecule has 1 atom stereocenters. The third kappa shape index (κ3) is 5.30. The number of likely N-dealkylation sites (tertiary alicyclic amines) is 2. The Morgan fingerprint density at radius 2 is 1.93 bits per heavy atom. The third-order valence-electron chi connectivity index (χ3n) is 5.87. The number of carbonyl (C=O) groups is 3. The van der Waals surface area contributed by atoms with Gasteiger partial charge >= 0.3 is 0 Å². The fourth-order valence-corrected chi connectivity index (χ4v) is 3.96. The summed E-state index contributed by atoms with van der Waals surface area (Å²) in [4.78, 5) is 44.1. The van der Waals surface area contributed by atoms with Crippen LogP contribution in [-0.4, -0.2) is 64.7 Å². The summed E-state index contributed by atoms with van der Waals surface area (Å²) < 4.78 is 0. The number of pyridine rings is 1. The second kappa shape index (κ2) is 9.66. The molecule has 3 amide bonds. The van der Waals surface area contributed by atoms with Gasteiger partial charge in [0.05, 0.1) is 0 Å². The molecule has 0 aromatic carbocycles. The lowest BCUT2D eigenvalue weighted by Crippen LogP contribution is -2.48. The maximum absolute atomic E-state index is 12.4. The van der Waals surface area contributed by atoms with Crippen molar-refractivity contribution in [2.24, 2.45) is 5.92 Å². The summed E-state index contributed by atoms with van der Waals surface area (Å²) >= 11 is 0. The average Bonchev–Trinajstić information content (AvgIpc) is 3.16. The number of piperidine rings is 1. The van der Waals surface area contributed by atoms with Gasteiger partial charge in [-0.2, -0.15) is 0 Å². The molecule has 3 rings (SSSR count). The Bertz CT molecular complexity index is 686. The zero-order valence-corrected chi connectivity index (χ0v) is 16.6. The largest absolute Gasteiger partial charge is 0.354 e. The van der Waals surface area contributed by atoms with Gasteiger partial charge in [0.1, 0.15) is 6.04 Å². The van der Waals surface area contributed by atoms with Gasteiger partial charge in [-0.15, -0.1) is 0 Å². The molecule has 152 valence electrons. The summed E-state index contributed by atoms with van der Waals surface area (Å²) in [5, 5.41) is 3.00. The van der Waals surface area contributed by atoms with Crippen LogP contribution in [0.4, 0.5) is 0 Å². The van der Waals surface area contributed by atoms with Crippen LogP contribution in [0.25, 0.3) is 0 Å². The first-order valence-corrected chi connectivity index (χ1v) is 10.3. The average molecular weight is 386 g/mol. The molecule has 2 aliphatic heterocycles. The number of rotatable bonds is 7. The minimum Gasteiger partial charge on any atom is -0.354 e. The van der Waals surface area contributed by atoms with Crippen molar-refractivity contribution in [1.82, 2.24) is 20.1 Å². The van der Waals surface area contributed by atoms with E-state index in [2.05, 4.69) is 10.3 Å². The summed E-state index contributed by atoms with van der Waals surface area (Å²) in [5.41, 5.74) is 1.13. The summed E-state index contributed by atoms with van der Waals surface area (Å²) in [6.07, 6.45) is 7.95. The maximum atomic E-state index is 12.4. The van der Waals surface area contributed by atoms with Crippen molar-refractivity contribution in [1.29, 1.82) is 0 Å². The summed E-state index contributed by atoms with van der Waals surface area (Å²) in [5.74, 6) is 0.572. The highest BCUT2D eigenvalue weighted by Crippen LogP contribution is 2.18. The number of aryl methyl sites for hydroxylation is 1. The van der Waals surface area contributed by atoms with Crippen LogP contribution in [0.3, 0.4) is 0 Å². The van der Waals surface area contributed by atoms with Crippen molar-refractivity contribution >= 4 is 17.7 Å². The maximum Gasteiger partial charge on any atom is 0.242 e. The van der Waals surface area contributed by atoms with Crippen LogP contribution < -0.4 is 5.32 Å². The van der Waals surface area contributed by atoms with E-state index in [1.807, 2.05) is 17.0 Å². The lowest BCUT2D eigenvalue weighted by atomic mass is 9.96. The van der Waals surface area contributed by atoms with E-state index in [0.29, 0.717) is 31.8 Å². The van der Waals surface area contributed by atoms with Gasteiger partial charge < -0.3 is 15.1 Å². The molecule has 0 radical (unpaired) electrons. The van der Waals surface area contributed by atoms with Crippen LogP contribution in [0.15, 0.2) is 24.5 Å². The predicted octanol–water partition coefficient (Wildman–Crippen LogP) is 1.38. The van der Waals surface area contributed by atoms with Gasteiger partial charge in [-0.25, -0.2) is 0 Å². The van der Waals surface area contributed by atoms with Crippen molar-refractivity contribution in [2.75, 3.05) is 26.2 Å². The van der Waals surface area contributed by atoms with Crippen LogP contribution in [-0.2, 0) is 20.8 Å². The molecule has 1 N–H and O–H groups in total. The minimum atomic E-state index is -0.398. The molecule has 2 aliphatic rings. The molecule has 1 aromatic heterocycles. The zero-order valence-electron chi connectivity index (χ0n) is 16.6. The highest BCUT2D eigenvalue weighted by atomic mass is 16.2. The first-order chi connectivity index (χ1) is 13.5. The van der Waals surface area contributed by atoms with E-state index in [1.165, 1.54) is 0 Å². The van der Waals surface area contributed by atoms with Gasteiger partial charge in [0, 0.05) is 51.4 Å². The number of aromatic nitrogens is 1. The van der Waals surface area contributed by atoms with Gasteiger partial charge in [0.25, 0.3) is 0 Å². The number of nitrogens with one attached hydrogen (secondary N) is 1. The Morgan fingerprint density at radius 3 is 2.57 bits per heavy atom. The summed E-state index contributed by atoms with van der Waals surface area (Å²) in [7, 11) is 0. The summed E-state index contributed by atoms with van der Waals surface area (Å²) in [6, 6.07) is 3.49. The fourth-order valence-electron chi connectivity index (χ4n) is 3.96. The fraction of sp³-hybridized carbons (Fsp3) is 0.619. The number of amides is 3. The van der Waals surface area contributed by atoms with Crippen molar-refractivity contribution in [2.45, 2.75) is 51.5 Å². The second-order valence-electron chi connectivity index (χ2n) is 7.79. The van der Waals surface area contributed by atoms with E-state index in [0.717, 1.165) is 44.3 Å². The van der Waals surface area contributed by atoms with Crippen molar-refractivity contribution in [3.05, 3.63) is 30.1 Å². The molecule has 7 heteroatoms. The van der Waals surface area contributed by atoms with E-state index in [9.17, 15) is 14.4 Å². The van der Waals surface area contributed by atoms with Crippen LogP contribution in [0, 0.1) is 5.92 Å². The van der Waals surface area contributed by atoms with Crippen LogP contribution in [0.2, 0.25) is 0 Å². The highest BCUT2D eigenvalue weighted by molar-refractivity contribution is 5.88. The van der Waals surface area contributed by atoms with Gasteiger partial charge in [-0.1, -0.05) is 0 Å². The van der Waals surface area contributed by atoms with Crippen LogP contribution in [0.5, 0.6) is 0 Å². The number of hydrogen-bond donors (Lipinski definition) is 1. The molecule has 1 unspecified atom stereocenters. The van der Waals surface area contributed by atoms with Crippen LogP contribution >= 0.6 is 0 Å². The lowest BCUT2D eigenvalue weighted by molar-refractivity contribution is -0.137. The van der Waals surface area contributed by atoms with Gasteiger partial charge in [-0.3, -0.25) is 19.4 Å². The van der Waals surface area contributed by atoms with Gasteiger partial charge in [-0.05, 0) is 56.2 Å². The second-order valence-corrected chi connectivity index (χ2v) is 7.79. The highest BCUT2D eigenvalue weighted by Gasteiger charge is 2.30. The molecule has 1 aromatic rings. The molecule has 7 nitrogen and oxygen atoms in total. The topological polar surface area (TPSA) is 82.6 Å². The number of hydrogen-bond acceptors (Lipinski definition) is 4. The molecule has 0 aliphatic carbocycles. The molecule has 2 saturated heterocycles. The Hall–Kier alpha value is -2.44. The minimum absolute atomic E-state index is 0.0706. The van der Waals surface area contributed by atoms with E-state index < -0.39 is 6.04 Å².